The molecule has 4 rings (SSSR count). The first-order chi connectivity index (χ1) is 16.4. The average molecular weight is 568 g/mol. The molecule has 9 nitrogen and oxygen atoms in total. The van der Waals surface area contributed by atoms with Crippen molar-refractivity contribution in [3.05, 3.63) is 51.3 Å². The van der Waals surface area contributed by atoms with Crippen LogP contribution in [0.15, 0.2) is 34.9 Å². The van der Waals surface area contributed by atoms with E-state index < -0.39 is 0 Å². The van der Waals surface area contributed by atoms with Gasteiger partial charge in [0, 0.05) is 49.1 Å². The Bertz CT molecular complexity index is 1160. The molecule has 0 aliphatic carbocycles. The van der Waals surface area contributed by atoms with Crippen molar-refractivity contribution in [3.63, 3.8) is 0 Å². The molecule has 0 radical (unpaired) electrons. The molecule has 1 aliphatic heterocycles. The van der Waals surface area contributed by atoms with Crippen LogP contribution in [-0.2, 0) is 4.74 Å². The Balaban J connectivity index is 1.46. The van der Waals surface area contributed by atoms with E-state index in [1.54, 1.807) is 30.5 Å². The third kappa shape index (κ3) is 6.42. The number of nitrogens with zero attached hydrogens (tertiary/aromatic N) is 4. The van der Waals surface area contributed by atoms with Gasteiger partial charge < -0.3 is 25.0 Å². The number of benzene rings is 1. The van der Waals surface area contributed by atoms with Crippen LogP contribution in [0, 0.1) is 0 Å². The smallest absolute Gasteiger partial charge is 0.251 e. The van der Waals surface area contributed by atoms with E-state index in [0.29, 0.717) is 49.9 Å². The Labute approximate surface area is 215 Å². The molecule has 1 aromatic carbocycles. The number of ether oxygens (including phenoxy) is 2. The van der Waals surface area contributed by atoms with Crippen LogP contribution < -0.4 is 15.4 Å². The second-order valence-corrected chi connectivity index (χ2v) is 9.90. The largest absolute Gasteiger partial charge is 0.454 e. The van der Waals surface area contributed by atoms with Crippen molar-refractivity contribution in [1.82, 2.24) is 24.6 Å². The average Bonchev–Trinajstić information content (AvgIpc) is 3.49. The summed E-state index contributed by atoms with van der Waals surface area (Å²) < 4.78 is 16.7. The molecule has 2 N–H and O–H groups in total. The van der Waals surface area contributed by atoms with Crippen molar-refractivity contribution >= 4 is 55.9 Å². The summed E-state index contributed by atoms with van der Waals surface area (Å²) in [4.78, 5) is 23.4. The van der Waals surface area contributed by atoms with E-state index >= 15 is 0 Å². The van der Waals surface area contributed by atoms with Crippen molar-refractivity contribution in [1.29, 1.82) is 0 Å². The highest BCUT2D eigenvalue weighted by molar-refractivity contribution is 9.10. The molecule has 34 heavy (non-hydrogen) atoms. The third-order valence-electron chi connectivity index (χ3n) is 4.97. The monoisotopic (exact) mass is 566 g/mol. The molecule has 3 aromatic rings. The Morgan fingerprint density at radius 3 is 2.97 bits per heavy atom. The Hall–Kier alpha value is -2.31. The maximum absolute atomic E-state index is 12.5. The zero-order valence-corrected chi connectivity index (χ0v) is 21.8. The van der Waals surface area contributed by atoms with Gasteiger partial charge in [-0.2, -0.15) is 4.37 Å². The summed E-state index contributed by atoms with van der Waals surface area (Å²) in [6.45, 7) is 2.02. The quantitative estimate of drug-likeness (QED) is 0.371. The lowest BCUT2D eigenvalue weighted by atomic mass is 10.2. The minimum absolute atomic E-state index is 0.0435. The number of anilines is 2. The topological polar surface area (TPSA) is 102 Å². The van der Waals surface area contributed by atoms with E-state index in [2.05, 4.69) is 40.9 Å². The lowest BCUT2D eigenvalue weighted by molar-refractivity contribution is 0.0950. The van der Waals surface area contributed by atoms with Crippen LogP contribution in [0.2, 0.25) is 5.02 Å². The standard InChI is InChI=1S/C22H24BrClN6O3S/c1-30(2)8-7-25-21(31)13-5-6-15(24)18(10-13)33-17-11-19(26-12-14(17)23)27-22-28-20(29-34-22)16-4-3-9-32-16/h5-6,10-12,16H,3-4,7-9H2,1-2H3,(H,25,31)(H,26,27,28,29)/t16-/m0/s1. The number of carbonyl (C=O) groups excluding carboxylic acids is 1. The number of carbonyl (C=O) groups is 1. The van der Waals surface area contributed by atoms with Gasteiger partial charge in [-0.15, -0.1) is 0 Å². The minimum Gasteiger partial charge on any atom is -0.454 e. The second kappa shape index (κ2) is 11.4. The molecule has 180 valence electrons. The molecule has 3 heterocycles. The molecule has 0 spiro atoms. The molecule has 1 fully saturated rings. The SMILES string of the molecule is CN(C)CCNC(=O)c1ccc(Cl)c(Oc2cc(Nc3nc([C@@H]4CCCO4)ns3)ncc2Br)c1. The van der Waals surface area contributed by atoms with Crippen LogP contribution in [0.3, 0.4) is 0 Å². The molecule has 0 saturated carbocycles. The molecule has 12 heteroatoms. The van der Waals surface area contributed by atoms with Gasteiger partial charge in [-0.3, -0.25) is 4.79 Å². The molecule has 0 bridgehead atoms. The van der Waals surface area contributed by atoms with Gasteiger partial charge in [0.2, 0.25) is 5.13 Å². The van der Waals surface area contributed by atoms with Crippen molar-refractivity contribution < 1.29 is 14.3 Å². The summed E-state index contributed by atoms with van der Waals surface area (Å²) in [7, 11) is 3.90. The summed E-state index contributed by atoms with van der Waals surface area (Å²) in [5, 5.41) is 7.03. The fourth-order valence-corrected chi connectivity index (χ4v) is 4.29. The van der Waals surface area contributed by atoms with E-state index in [0.717, 1.165) is 26.0 Å². The van der Waals surface area contributed by atoms with Crippen molar-refractivity contribution in [2.75, 3.05) is 39.1 Å². The normalized spacial score (nSPS) is 15.5. The lowest BCUT2D eigenvalue weighted by Crippen LogP contribution is -2.31. The number of pyridine rings is 1. The van der Waals surface area contributed by atoms with E-state index in [4.69, 9.17) is 21.1 Å². The van der Waals surface area contributed by atoms with Crippen LogP contribution in [0.5, 0.6) is 11.5 Å². The number of hydrogen-bond acceptors (Lipinski definition) is 9. The number of aromatic nitrogens is 3. The Kier molecular flexibility index (Phi) is 8.32. The lowest BCUT2D eigenvalue weighted by Gasteiger charge is -2.13. The Morgan fingerprint density at radius 2 is 2.21 bits per heavy atom. The number of hydrogen-bond donors (Lipinski definition) is 2. The van der Waals surface area contributed by atoms with Gasteiger partial charge in [0.25, 0.3) is 5.91 Å². The van der Waals surface area contributed by atoms with Crippen LogP contribution in [0.1, 0.15) is 35.1 Å². The van der Waals surface area contributed by atoms with Gasteiger partial charge in [0.1, 0.15) is 23.4 Å². The fourth-order valence-electron chi connectivity index (χ4n) is 3.21. The molecule has 1 saturated heterocycles. The van der Waals surface area contributed by atoms with Crippen LogP contribution >= 0.6 is 39.1 Å². The maximum Gasteiger partial charge on any atom is 0.251 e. The summed E-state index contributed by atoms with van der Waals surface area (Å²) in [6, 6.07) is 6.64. The van der Waals surface area contributed by atoms with Crippen molar-refractivity contribution in [2.45, 2.75) is 18.9 Å². The summed E-state index contributed by atoms with van der Waals surface area (Å²) in [5.74, 6) is 1.86. The molecular formula is C22H24BrClN6O3S. The van der Waals surface area contributed by atoms with Gasteiger partial charge in [-0.1, -0.05) is 11.6 Å². The molecule has 1 amide bonds. The van der Waals surface area contributed by atoms with Crippen LogP contribution in [0.4, 0.5) is 10.9 Å². The van der Waals surface area contributed by atoms with Gasteiger partial charge in [-0.25, -0.2) is 9.97 Å². The number of likely N-dealkylation sites (N-methyl/N-ethyl adjacent to an activating group) is 1. The molecule has 1 aliphatic rings. The zero-order valence-electron chi connectivity index (χ0n) is 18.7. The summed E-state index contributed by atoms with van der Waals surface area (Å²) in [6.07, 6.45) is 3.52. The fraction of sp³-hybridized carbons (Fsp3) is 0.364. The summed E-state index contributed by atoms with van der Waals surface area (Å²) in [5.41, 5.74) is 0.456. The molecular weight excluding hydrogens is 544 g/mol. The third-order valence-corrected chi connectivity index (χ3v) is 6.52. The van der Waals surface area contributed by atoms with Crippen LogP contribution in [0.25, 0.3) is 0 Å². The first-order valence-electron chi connectivity index (χ1n) is 10.7. The van der Waals surface area contributed by atoms with Crippen molar-refractivity contribution in [2.24, 2.45) is 0 Å². The highest BCUT2D eigenvalue weighted by Crippen LogP contribution is 2.36. The van der Waals surface area contributed by atoms with E-state index in [-0.39, 0.29) is 12.0 Å². The van der Waals surface area contributed by atoms with Gasteiger partial charge in [0.05, 0.1) is 9.50 Å². The van der Waals surface area contributed by atoms with E-state index in [9.17, 15) is 4.79 Å². The number of nitrogens with one attached hydrogen (secondary N) is 2. The summed E-state index contributed by atoms with van der Waals surface area (Å²) >= 11 is 11.1. The van der Waals surface area contributed by atoms with Crippen molar-refractivity contribution in [3.8, 4) is 11.5 Å². The number of amides is 1. The number of halogens is 2. The Morgan fingerprint density at radius 1 is 1.35 bits per heavy atom. The van der Waals surface area contributed by atoms with Crippen LogP contribution in [-0.4, -0.2) is 58.9 Å². The van der Waals surface area contributed by atoms with Gasteiger partial charge >= 0.3 is 0 Å². The predicted octanol–water partition coefficient (Wildman–Crippen LogP) is 5.03. The molecule has 0 unspecified atom stereocenters. The molecule has 1 atom stereocenters. The number of rotatable bonds is 9. The van der Waals surface area contributed by atoms with E-state index in [1.165, 1.54) is 11.5 Å². The molecule has 2 aromatic heterocycles. The van der Waals surface area contributed by atoms with E-state index in [1.807, 2.05) is 19.0 Å². The predicted molar refractivity (Wildman–Crippen MR) is 135 cm³/mol. The minimum atomic E-state index is -0.196. The highest BCUT2D eigenvalue weighted by Gasteiger charge is 2.22. The maximum atomic E-state index is 12.5. The second-order valence-electron chi connectivity index (χ2n) is 7.89. The van der Waals surface area contributed by atoms with Gasteiger partial charge in [0.15, 0.2) is 5.82 Å². The first-order valence-corrected chi connectivity index (χ1v) is 12.6. The first kappa shape index (κ1) is 24.8. The zero-order chi connectivity index (χ0) is 24.1. The highest BCUT2D eigenvalue weighted by atomic mass is 79.9. The van der Waals surface area contributed by atoms with Gasteiger partial charge in [-0.05, 0) is 61.1 Å².